The molecule has 0 spiro atoms. The molecule has 8 heteroatoms. The number of H-pyrrole nitrogens is 1. The summed E-state index contributed by atoms with van der Waals surface area (Å²) in [6.45, 7) is 13.2. The predicted octanol–water partition coefficient (Wildman–Crippen LogP) is 4.53. The lowest BCUT2D eigenvalue weighted by atomic mass is 9.95. The van der Waals surface area contributed by atoms with Crippen LogP contribution in [0.4, 0.5) is 0 Å². The van der Waals surface area contributed by atoms with Crippen LogP contribution < -0.4 is 15.6 Å². The van der Waals surface area contributed by atoms with Crippen LogP contribution in [0.15, 0.2) is 29.1 Å². The fraction of sp³-hybridized carbons (Fsp3) is 0.542. The van der Waals surface area contributed by atoms with Crippen LogP contribution >= 0.6 is 12.4 Å². The molecule has 0 amide bonds. The first kappa shape index (κ1) is 27.7. The summed E-state index contributed by atoms with van der Waals surface area (Å²) < 4.78 is 11.5. The molecule has 2 N–H and O–H groups in total. The Bertz CT molecular complexity index is 984. The van der Waals surface area contributed by atoms with Gasteiger partial charge in [-0.25, -0.2) is 0 Å². The Labute approximate surface area is 195 Å². The average Bonchev–Trinajstić information content (AvgIpc) is 2.70. The summed E-state index contributed by atoms with van der Waals surface area (Å²) in [5, 5.41) is 4.14. The molecule has 2 rings (SSSR count). The van der Waals surface area contributed by atoms with Crippen LogP contribution in [0.25, 0.3) is 10.9 Å². The summed E-state index contributed by atoms with van der Waals surface area (Å²) >= 11 is 0. The van der Waals surface area contributed by atoms with E-state index >= 15 is 0 Å². The molecule has 1 heterocycles. The number of benzene rings is 1. The van der Waals surface area contributed by atoms with Gasteiger partial charge in [0.1, 0.15) is 6.10 Å². The molecule has 178 valence electrons. The summed E-state index contributed by atoms with van der Waals surface area (Å²) in [5.41, 5.74) is 0.836. The lowest BCUT2D eigenvalue weighted by Gasteiger charge is -2.30. The Kier molecular flexibility index (Phi) is 10.4. The first-order chi connectivity index (χ1) is 14.5. The highest BCUT2D eigenvalue weighted by atomic mass is 35.5. The second kappa shape index (κ2) is 12.0. The van der Waals surface area contributed by atoms with E-state index in [1.807, 2.05) is 20.8 Å². The Hall–Kier alpha value is -2.38. The SMILES string of the molecule is CCC(NC(C)C)C(OC(=O)C(C)C)c1ccc(OC(=O)C(C)C)c2[nH]c(=O)ccc12.Cl. The molecule has 1 aromatic heterocycles. The van der Waals surface area contributed by atoms with Gasteiger partial charge in [0.2, 0.25) is 5.56 Å². The maximum absolute atomic E-state index is 12.5. The molecule has 0 aliphatic carbocycles. The van der Waals surface area contributed by atoms with E-state index in [9.17, 15) is 14.4 Å². The molecular weight excluding hydrogens is 432 g/mol. The average molecular weight is 467 g/mol. The monoisotopic (exact) mass is 466 g/mol. The quantitative estimate of drug-likeness (QED) is 0.416. The Morgan fingerprint density at radius 1 is 0.969 bits per heavy atom. The van der Waals surface area contributed by atoms with E-state index in [1.54, 1.807) is 45.9 Å². The predicted molar refractivity (Wildman–Crippen MR) is 128 cm³/mol. The lowest BCUT2D eigenvalue weighted by Crippen LogP contribution is -2.41. The summed E-state index contributed by atoms with van der Waals surface area (Å²) in [5.74, 6) is -1.02. The van der Waals surface area contributed by atoms with E-state index < -0.39 is 12.1 Å². The number of halogens is 1. The maximum Gasteiger partial charge on any atom is 0.313 e. The molecule has 0 aliphatic rings. The van der Waals surface area contributed by atoms with Crippen LogP contribution in [-0.4, -0.2) is 29.0 Å². The number of esters is 2. The highest BCUT2D eigenvalue weighted by Crippen LogP contribution is 2.34. The lowest BCUT2D eigenvalue weighted by molar-refractivity contribution is -0.155. The highest BCUT2D eigenvalue weighted by molar-refractivity contribution is 5.90. The van der Waals surface area contributed by atoms with Crippen molar-refractivity contribution in [3.63, 3.8) is 0 Å². The van der Waals surface area contributed by atoms with E-state index in [1.165, 1.54) is 6.07 Å². The zero-order valence-electron chi connectivity index (χ0n) is 19.9. The molecule has 0 saturated carbocycles. The molecule has 2 atom stereocenters. The van der Waals surface area contributed by atoms with Gasteiger partial charge in [0, 0.05) is 29.1 Å². The molecule has 7 nitrogen and oxygen atoms in total. The molecule has 1 aromatic carbocycles. The van der Waals surface area contributed by atoms with Crippen LogP contribution in [0.3, 0.4) is 0 Å². The van der Waals surface area contributed by atoms with Crippen LogP contribution in [0, 0.1) is 11.8 Å². The number of fused-ring (bicyclic) bond motifs is 1. The molecule has 0 fully saturated rings. The van der Waals surface area contributed by atoms with Gasteiger partial charge in [-0.1, -0.05) is 54.5 Å². The summed E-state index contributed by atoms with van der Waals surface area (Å²) in [4.78, 5) is 39.5. The van der Waals surface area contributed by atoms with Gasteiger partial charge in [0.05, 0.1) is 17.4 Å². The standard InChI is InChI=1S/C24H34N2O5.ClH/c1-8-18(25-15(6)7)22(31-24(29)14(4)5)17-9-11-19(30-23(28)13(2)3)21-16(17)10-12-20(27)26-21;/h9-15,18,22,25H,8H2,1-7H3,(H,26,27);1H. The largest absolute Gasteiger partial charge is 0.456 e. The first-order valence-corrected chi connectivity index (χ1v) is 10.9. The van der Waals surface area contributed by atoms with Crippen molar-refractivity contribution < 1.29 is 19.1 Å². The van der Waals surface area contributed by atoms with Gasteiger partial charge in [-0.15, -0.1) is 12.4 Å². The van der Waals surface area contributed by atoms with Crippen LogP contribution in [-0.2, 0) is 14.3 Å². The fourth-order valence-corrected chi connectivity index (χ4v) is 3.28. The number of aromatic nitrogens is 1. The van der Waals surface area contributed by atoms with Crippen molar-refractivity contribution in [1.29, 1.82) is 0 Å². The zero-order chi connectivity index (χ0) is 23.3. The number of ether oxygens (including phenoxy) is 2. The number of carbonyl (C=O) groups excluding carboxylic acids is 2. The van der Waals surface area contributed by atoms with E-state index in [4.69, 9.17) is 9.47 Å². The number of pyridine rings is 1. The van der Waals surface area contributed by atoms with Gasteiger partial charge in [0.25, 0.3) is 0 Å². The van der Waals surface area contributed by atoms with Crippen molar-refractivity contribution in [2.24, 2.45) is 11.8 Å². The molecule has 0 aliphatic heterocycles. The summed E-state index contributed by atoms with van der Waals surface area (Å²) in [6.07, 6.45) is 0.147. The maximum atomic E-state index is 12.5. The fourth-order valence-electron chi connectivity index (χ4n) is 3.28. The van der Waals surface area contributed by atoms with E-state index in [0.29, 0.717) is 10.9 Å². The molecule has 2 aromatic rings. The second-order valence-electron chi connectivity index (χ2n) is 8.69. The molecule has 0 radical (unpaired) electrons. The van der Waals surface area contributed by atoms with Crippen molar-refractivity contribution in [3.8, 4) is 5.75 Å². The molecule has 32 heavy (non-hydrogen) atoms. The summed E-state index contributed by atoms with van der Waals surface area (Å²) in [6, 6.07) is 6.58. The Morgan fingerprint density at radius 2 is 1.59 bits per heavy atom. The zero-order valence-corrected chi connectivity index (χ0v) is 20.7. The Morgan fingerprint density at radius 3 is 2.12 bits per heavy atom. The number of carbonyl (C=O) groups is 2. The number of rotatable bonds is 9. The van der Waals surface area contributed by atoms with Gasteiger partial charge < -0.3 is 19.8 Å². The van der Waals surface area contributed by atoms with Crippen molar-refractivity contribution in [3.05, 3.63) is 40.2 Å². The van der Waals surface area contributed by atoms with Crippen molar-refractivity contribution >= 4 is 35.2 Å². The van der Waals surface area contributed by atoms with E-state index in [2.05, 4.69) is 10.3 Å². The van der Waals surface area contributed by atoms with Crippen LogP contribution in [0.5, 0.6) is 5.75 Å². The third kappa shape index (κ3) is 6.81. The van der Waals surface area contributed by atoms with Gasteiger partial charge in [-0.05, 0) is 18.6 Å². The minimum atomic E-state index is -0.578. The topological polar surface area (TPSA) is 97.5 Å². The minimum Gasteiger partial charge on any atom is -0.456 e. The van der Waals surface area contributed by atoms with Gasteiger partial charge in [-0.3, -0.25) is 14.4 Å². The molecular formula is C24H35ClN2O5. The molecule has 0 bridgehead atoms. The van der Waals surface area contributed by atoms with Gasteiger partial charge >= 0.3 is 11.9 Å². The van der Waals surface area contributed by atoms with Crippen LogP contribution in [0.2, 0.25) is 0 Å². The third-order valence-electron chi connectivity index (χ3n) is 4.95. The minimum absolute atomic E-state index is 0. The number of hydrogen-bond acceptors (Lipinski definition) is 6. The highest BCUT2D eigenvalue weighted by Gasteiger charge is 2.29. The number of hydrogen-bond donors (Lipinski definition) is 2. The number of nitrogens with one attached hydrogen (secondary N) is 2. The first-order valence-electron chi connectivity index (χ1n) is 10.9. The van der Waals surface area contributed by atoms with Gasteiger partial charge in [-0.2, -0.15) is 0 Å². The van der Waals surface area contributed by atoms with Crippen LogP contribution in [0.1, 0.15) is 66.6 Å². The Balaban J connectivity index is 0.00000512. The normalized spacial score (nSPS) is 13.2. The summed E-state index contributed by atoms with van der Waals surface area (Å²) in [7, 11) is 0. The van der Waals surface area contributed by atoms with Crippen molar-refractivity contribution in [2.75, 3.05) is 0 Å². The van der Waals surface area contributed by atoms with Crippen molar-refractivity contribution in [2.45, 2.75) is 73.1 Å². The number of aromatic amines is 1. The molecule has 2 unspecified atom stereocenters. The van der Waals surface area contributed by atoms with E-state index in [0.717, 1.165) is 12.0 Å². The van der Waals surface area contributed by atoms with Crippen molar-refractivity contribution in [1.82, 2.24) is 10.3 Å². The van der Waals surface area contributed by atoms with E-state index in [-0.39, 0.29) is 53.6 Å². The smallest absolute Gasteiger partial charge is 0.313 e. The second-order valence-corrected chi connectivity index (χ2v) is 8.69. The van der Waals surface area contributed by atoms with Gasteiger partial charge in [0.15, 0.2) is 5.75 Å². The molecule has 0 saturated heterocycles. The third-order valence-corrected chi connectivity index (χ3v) is 4.95.